The van der Waals surface area contributed by atoms with Crippen LogP contribution in [0.1, 0.15) is 87.3 Å². The summed E-state index contributed by atoms with van der Waals surface area (Å²) in [7, 11) is 0. The molecule has 1 amide bonds. The molecule has 3 rings (SSSR count). The van der Waals surface area contributed by atoms with Crippen molar-refractivity contribution in [2.45, 2.75) is 85.5 Å². The lowest BCUT2D eigenvalue weighted by atomic mass is 9.72. The number of benzene rings is 2. The molecule has 0 saturated heterocycles. The van der Waals surface area contributed by atoms with Crippen molar-refractivity contribution in [1.82, 2.24) is 4.57 Å². The predicted molar refractivity (Wildman–Crippen MR) is 153 cm³/mol. The zero-order chi connectivity index (χ0) is 29.9. The van der Waals surface area contributed by atoms with E-state index in [4.69, 9.17) is 4.74 Å². The molecule has 0 aliphatic heterocycles. The minimum Gasteiger partial charge on any atom is -0.491 e. The van der Waals surface area contributed by atoms with Crippen molar-refractivity contribution in [3.8, 4) is 5.75 Å². The number of nitrogens with zero attached hydrogens (tertiary/aromatic N) is 1. The molecule has 0 fully saturated rings. The van der Waals surface area contributed by atoms with Crippen LogP contribution >= 0.6 is 0 Å². The number of anilines is 1. The van der Waals surface area contributed by atoms with E-state index in [9.17, 15) is 23.1 Å². The number of aromatic nitrogens is 1. The second-order valence-electron chi connectivity index (χ2n) is 11.3. The molecule has 218 valence electrons. The van der Waals surface area contributed by atoms with Crippen molar-refractivity contribution in [3.05, 3.63) is 82.7 Å². The average molecular weight is 559 g/mol. The number of rotatable bonds is 10. The van der Waals surface area contributed by atoms with Crippen LogP contribution in [0, 0.1) is 12.3 Å². The zero-order valence-electron chi connectivity index (χ0n) is 24.4. The van der Waals surface area contributed by atoms with Gasteiger partial charge in [0.25, 0.3) is 5.91 Å². The third-order valence-corrected chi connectivity index (χ3v) is 7.80. The predicted octanol–water partition coefficient (Wildman–Crippen LogP) is 7.98. The Balaban J connectivity index is 1.94. The first kappa shape index (κ1) is 31.3. The van der Waals surface area contributed by atoms with E-state index in [-0.39, 0.29) is 17.7 Å². The van der Waals surface area contributed by atoms with Gasteiger partial charge in [0.1, 0.15) is 18.1 Å². The van der Waals surface area contributed by atoms with Crippen LogP contribution in [-0.2, 0) is 18.1 Å². The minimum absolute atomic E-state index is 0.0882. The minimum atomic E-state index is -4.50. The molecule has 0 spiro atoms. The van der Waals surface area contributed by atoms with Crippen molar-refractivity contribution in [1.29, 1.82) is 0 Å². The summed E-state index contributed by atoms with van der Waals surface area (Å²) >= 11 is 0. The molecule has 5 nitrogen and oxygen atoms in total. The van der Waals surface area contributed by atoms with Gasteiger partial charge in [-0.2, -0.15) is 13.2 Å². The Kier molecular flexibility index (Phi) is 9.45. The maximum absolute atomic E-state index is 13.3. The number of aliphatic hydroxyl groups is 1. The Labute approximate surface area is 235 Å². The lowest BCUT2D eigenvalue weighted by Gasteiger charge is -2.35. The number of carbonyl (C=O) groups excluding carboxylic acids is 1. The first-order chi connectivity index (χ1) is 18.7. The van der Waals surface area contributed by atoms with Gasteiger partial charge in [-0.05, 0) is 79.6 Å². The number of hydrogen-bond acceptors (Lipinski definition) is 3. The summed E-state index contributed by atoms with van der Waals surface area (Å²) < 4.78 is 47.4. The highest BCUT2D eigenvalue weighted by Gasteiger charge is 2.35. The van der Waals surface area contributed by atoms with Gasteiger partial charge in [0, 0.05) is 23.3 Å². The van der Waals surface area contributed by atoms with Crippen molar-refractivity contribution in [2.24, 2.45) is 5.41 Å². The topological polar surface area (TPSA) is 63.5 Å². The number of amides is 1. The Morgan fingerprint density at radius 2 is 1.65 bits per heavy atom. The maximum atomic E-state index is 13.3. The molecule has 1 unspecified atom stereocenters. The Morgan fingerprint density at radius 3 is 2.20 bits per heavy atom. The Hall–Kier alpha value is -3.26. The number of nitrogens with one attached hydrogen (secondary N) is 1. The number of ether oxygens (including phenoxy) is 1. The van der Waals surface area contributed by atoms with Crippen LogP contribution in [0.3, 0.4) is 0 Å². The SMILES string of the molecule is CCn1c(C(=O)Nc2cccc(C(F)(F)F)c2)ccc1C(CC)(CC)c1ccc(OCC(O)C(C)(C)C)c(C)c1. The third kappa shape index (κ3) is 6.54. The number of alkyl halides is 3. The van der Waals surface area contributed by atoms with Gasteiger partial charge in [0.05, 0.1) is 11.7 Å². The van der Waals surface area contributed by atoms with Crippen LogP contribution in [0.2, 0.25) is 0 Å². The number of aryl methyl sites for hydroxylation is 1. The van der Waals surface area contributed by atoms with E-state index in [1.54, 1.807) is 6.07 Å². The van der Waals surface area contributed by atoms with Gasteiger partial charge in [0.2, 0.25) is 0 Å². The first-order valence-corrected chi connectivity index (χ1v) is 13.8. The average Bonchev–Trinajstić information content (AvgIpc) is 3.33. The van der Waals surface area contributed by atoms with Gasteiger partial charge in [-0.3, -0.25) is 4.79 Å². The molecule has 8 heteroatoms. The second-order valence-corrected chi connectivity index (χ2v) is 11.3. The van der Waals surface area contributed by atoms with Crippen LogP contribution in [-0.4, -0.2) is 28.3 Å². The van der Waals surface area contributed by atoms with Crippen molar-refractivity contribution >= 4 is 11.6 Å². The van der Waals surface area contributed by atoms with Crippen LogP contribution in [0.15, 0.2) is 54.6 Å². The molecule has 1 atom stereocenters. The highest BCUT2D eigenvalue weighted by Crippen LogP contribution is 2.41. The molecule has 0 radical (unpaired) electrons. The summed E-state index contributed by atoms with van der Waals surface area (Å²) in [6, 6.07) is 14.4. The summed E-state index contributed by atoms with van der Waals surface area (Å²) in [4.78, 5) is 13.3. The summed E-state index contributed by atoms with van der Waals surface area (Å²) in [6.07, 6.45) is -3.56. The van der Waals surface area contributed by atoms with E-state index in [2.05, 4.69) is 25.2 Å². The monoisotopic (exact) mass is 558 g/mol. The van der Waals surface area contributed by atoms with Crippen molar-refractivity contribution < 1.29 is 27.8 Å². The Morgan fingerprint density at radius 1 is 0.975 bits per heavy atom. The van der Waals surface area contributed by atoms with Gasteiger partial charge < -0.3 is 19.7 Å². The van der Waals surface area contributed by atoms with Crippen LogP contribution in [0.5, 0.6) is 5.75 Å². The molecule has 40 heavy (non-hydrogen) atoms. The van der Waals surface area contributed by atoms with Crippen molar-refractivity contribution in [3.63, 3.8) is 0 Å². The molecular formula is C32H41F3N2O3. The van der Waals surface area contributed by atoms with Gasteiger partial charge in [-0.15, -0.1) is 0 Å². The molecule has 0 saturated carbocycles. The third-order valence-electron chi connectivity index (χ3n) is 7.80. The van der Waals surface area contributed by atoms with E-state index < -0.39 is 29.2 Å². The molecule has 2 N–H and O–H groups in total. The normalized spacial score (nSPS) is 13.3. The number of carbonyl (C=O) groups is 1. The van der Waals surface area contributed by atoms with Crippen LogP contribution < -0.4 is 10.1 Å². The van der Waals surface area contributed by atoms with E-state index in [1.165, 1.54) is 12.1 Å². The molecule has 3 aromatic rings. The molecule has 0 bridgehead atoms. The summed E-state index contributed by atoms with van der Waals surface area (Å²) in [6.45, 7) is 14.7. The highest BCUT2D eigenvalue weighted by molar-refractivity contribution is 6.03. The standard InChI is InChI=1S/C32H41F3N2O3/c1-8-31(9-2,22-14-16-26(21(4)18-22)40-20-28(38)30(5,6)7)27-17-15-25(37(27)10-3)29(39)36-24-13-11-12-23(19-24)32(33,34)35/h11-19,28,38H,8-10,20H2,1-7H3,(H,36,39). The van der Waals surface area contributed by atoms with Crippen molar-refractivity contribution in [2.75, 3.05) is 11.9 Å². The largest absolute Gasteiger partial charge is 0.491 e. The molecular weight excluding hydrogens is 517 g/mol. The zero-order valence-corrected chi connectivity index (χ0v) is 24.4. The Bertz CT molecular complexity index is 1320. The summed E-state index contributed by atoms with van der Waals surface area (Å²) in [5.41, 5.74) is 1.95. The highest BCUT2D eigenvalue weighted by atomic mass is 19.4. The van der Waals surface area contributed by atoms with Gasteiger partial charge in [-0.25, -0.2) is 0 Å². The number of aliphatic hydroxyl groups excluding tert-OH is 1. The van der Waals surface area contributed by atoms with E-state index in [0.29, 0.717) is 18.0 Å². The fourth-order valence-corrected chi connectivity index (χ4v) is 5.09. The second kappa shape index (κ2) is 12.1. The molecule has 0 aliphatic rings. The number of halogens is 3. The summed E-state index contributed by atoms with van der Waals surface area (Å²) in [5, 5.41) is 13.0. The molecule has 1 aromatic heterocycles. The van der Waals surface area contributed by atoms with Crippen LogP contribution in [0.4, 0.5) is 18.9 Å². The maximum Gasteiger partial charge on any atom is 0.416 e. The quantitative estimate of drug-likeness (QED) is 0.265. The van der Waals surface area contributed by atoms with Crippen LogP contribution in [0.25, 0.3) is 0 Å². The number of hydrogen-bond donors (Lipinski definition) is 2. The van der Waals surface area contributed by atoms with E-state index >= 15 is 0 Å². The van der Waals surface area contributed by atoms with Gasteiger partial charge in [-0.1, -0.05) is 52.8 Å². The molecule has 0 aliphatic carbocycles. The van der Waals surface area contributed by atoms with Gasteiger partial charge >= 0.3 is 6.18 Å². The first-order valence-electron chi connectivity index (χ1n) is 13.8. The van der Waals surface area contributed by atoms with E-state index in [1.807, 2.05) is 57.4 Å². The fourth-order valence-electron chi connectivity index (χ4n) is 5.09. The molecule has 1 heterocycles. The smallest absolute Gasteiger partial charge is 0.416 e. The van der Waals surface area contributed by atoms with E-state index in [0.717, 1.165) is 41.8 Å². The molecule has 2 aromatic carbocycles. The lowest BCUT2D eigenvalue weighted by Crippen LogP contribution is -2.32. The fraction of sp³-hybridized carbons (Fsp3) is 0.469. The van der Waals surface area contributed by atoms with Gasteiger partial charge in [0.15, 0.2) is 0 Å². The lowest BCUT2D eigenvalue weighted by molar-refractivity contribution is -0.137. The summed E-state index contributed by atoms with van der Waals surface area (Å²) in [5.74, 6) is 0.242.